The van der Waals surface area contributed by atoms with Crippen molar-refractivity contribution >= 4 is 28.0 Å². The molecule has 0 spiro atoms. The Hall–Kier alpha value is -3.35. The van der Waals surface area contributed by atoms with Crippen molar-refractivity contribution in [3.05, 3.63) is 41.6 Å². The van der Waals surface area contributed by atoms with Gasteiger partial charge in [-0.3, -0.25) is 0 Å². The summed E-state index contributed by atoms with van der Waals surface area (Å²) in [7, 11) is -3.77. The fraction of sp³-hybridized carbons (Fsp3) is 0.200. The van der Waals surface area contributed by atoms with E-state index in [1.807, 2.05) is 0 Å². The molecule has 2 rings (SSSR count). The van der Waals surface area contributed by atoms with Crippen molar-refractivity contribution in [2.24, 2.45) is 5.73 Å². The van der Waals surface area contributed by atoms with Crippen molar-refractivity contribution in [1.29, 1.82) is 0 Å². The third kappa shape index (κ3) is 4.31. The van der Waals surface area contributed by atoms with Crippen LogP contribution in [-0.2, 0) is 14.8 Å². The van der Waals surface area contributed by atoms with Crippen LogP contribution in [0.3, 0.4) is 0 Å². The van der Waals surface area contributed by atoms with Crippen molar-refractivity contribution < 1.29 is 36.3 Å². The van der Waals surface area contributed by atoms with Gasteiger partial charge in [0.25, 0.3) is 16.0 Å². The molecule has 1 aromatic carbocycles. The fourth-order valence-corrected chi connectivity index (χ4v) is 3.57. The zero-order chi connectivity index (χ0) is 21.1. The second kappa shape index (κ2) is 8.12. The Morgan fingerprint density at radius 1 is 1.21 bits per heavy atom. The molecule has 10 nitrogen and oxygen atoms in total. The second-order valence-electron chi connectivity index (χ2n) is 5.12. The molecule has 0 radical (unpaired) electrons. The molecule has 2 N–H and O–H groups in total. The van der Waals surface area contributed by atoms with Gasteiger partial charge in [0.15, 0.2) is 0 Å². The number of aromatic nitrogens is 2. The smallest absolute Gasteiger partial charge is 0.388 e. The van der Waals surface area contributed by atoms with E-state index in [0.717, 1.165) is 25.3 Å². The van der Waals surface area contributed by atoms with Crippen LogP contribution in [0.15, 0.2) is 35.2 Å². The van der Waals surface area contributed by atoms with E-state index in [1.54, 1.807) is 0 Å². The van der Waals surface area contributed by atoms with Gasteiger partial charge in [-0.15, -0.1) is 4.31 Å². The SMILES string of the molecule is COC(=O)c1ccccc1S(=O)(=O)N(C(N)=O)c1nc(C)cc(OC(F)F)n1. The third-order valence-electron chi connectivity index (χ3n) is 3.22. The quantitative estimate of drug-likeness (QED) is 0.697. The van der Waals surface area contributed by atoms with Crippen LogP contribution >= 0.6 is 0 Å². The normalized spacial score (nSPS) is 11.2. The number of anilines is 1. The molecular formula is C15H14F2N4O6S. The summed E-state index contributed by atoms with van der Waals surface area (Å²) in [5.41, 5.74) is 4.81. The number of aryl methyl sites for hydroxylation is 1. The highest BCUT2D eigenvalue weighted by Crippen LogP contribution is 2.26. The number of nitrogens with zero attached hydrogens (tertiary/aromatic N) is 3. The average molecular weight is 416 g/mol. The topological polar surface area (TPSA) is 142 Å². The summed E-state index contributed by atoms with van der Waals surface area (Å²) in [4.78, 5) is 30.4. The molecule has 1 aromatic heterocycles. The number of carbonyl (C=O) groups excluding carboxylic acids is 2. The molecule has 150 valence electrons. The van der Waals surface area contributed by atoms with Crippen LogP contribution in [0.5, 0.6) is 5.88 Å². The molecule has 0 aliphatic carbocycles. The van der Waals surface area contributed by atoms with E-state index in [1.165, 1.54) is 19.1 Å². The first-order valence-corrected chi connectivity index (χ1v) is 8.84. The first-order valence-electron chi connectivity index (χ1n) is 7.40. The van der Waals surface area contributed by atoms with Gasteiger partial charge < -0.3 is 15.2 Å². The molecular weight excluding hydrogens is 402 g/mol. The number of esters is 1. The fourth-order valence-electron chi connectivity index (χ4n) is 2.16. The van der Waals surface area contributed by atoms with Crippen LogP contribution in [0.4, 0.5) is 19.5 Å². The summed E-state index contributed by atoms with van der Waals surface area (Å²) in [6, 6.07) is 4.32. The van der Waals surface area contributed by atoms with Crippen molar-refractivity contribution in [2.45, 2.75) is 18.4 Å². The van der Waals surface area contributed by atoms with Gasteiger partial charge in [-0.25, -0.2) is 23.0 Å². The van der Waals surface area contributed by atoms with Gasteiger partial charge in [0, 0.05) is 11.8 Å². The van der Waals surface area contributed by atoms with Gasteiger partial charge in [-0.2, -0.15) is 13.8 Å². The standard InChI is InChI=1S/C15H14F2N4O6S/c1-8-7-11(27-13(16)17)20-15(19-8)21(14(18)23)28(24,25)10-6-4-3-5-9(10)12(22)26-2/h3-7,13H,1-2H3,(H2,18,23). The maximum atomic E-state index is 13.0. The zero-order valence-corrected chi connectivity index (χ0v) is 15.3. The molecule has 0 bridgehead atoms. The first-order chi connectivity index (χ1) is 13.1. The number of rotatable bonds is 6. The Morgan fingerprint density at radius 3 is 2.43 bits per heavy atom. The molecule has 13 heteroatoms. The number of hydrogen-bond acceptors (Lipinski definition) is 8. The first kappa shape index (κ1) is 21.0. The molecule has 0 aliphatic rings. The number of amides is 2. The van der Waals surface area contributed by atoms with E-state index in [9.17, 15) is 26.8 Å². The second-order valence-corrected chi connectivity index (χ2v) is 6.88. The number of carbonyl (C=O) groups is 2. The largest absolute Gasteiger partial charge is 0.465 e. The number of sulfonamides is 1. The Balaban J connectivity index is 2.67. The Labute approximate surface area is 157 Å². The van der Waals surface area contributed by atoms with Crippen molar-refractivity contribution in [3.8, 4) is 5.88 Å². The van der Waals surface area contributed by atoms with Gasteiger partial charge in [-0.05, 0) is 19.1 Å². The zero-order valence-electron chi connectivity index (χ0n) is 14.5. The summed E-state index contributed by atoms with van der Waals surface area (Å²) in [5, 5.41) is 0. The minimum atomic E-state index is -4.81. The Bertz CT molecular complexity index is 1020. The number of primary amides is 1. The lowest BCUT2D eigenvalue weighted by molar-refractivity contribution is -0.0528. The van der Waals surface area contributed by atoms with Crippen molar-refractivity contribution in [2.75, 3.05) is 11.4 Å². The van der Waals surface area contributed by atoms with Gasteiger partial charge in [0.1, 0.15) is 4.90 Å². The van der Waals surface area contributed by atoms with Crippen molar-refractivity contribution in [3.63, 3.8) is 0 Å². The van der Waals surface area contributed by atoms with Crippen LogP contribution in [-0.4, -0.2) is 44.1 Å². The number of methoxy groups -OCH3 is 1. The van der Waals surface area contributed by atoms with Crippen LogP contribution < -0.4 is 14.8 Å². The molecule has 1 heterocycles. The number of ether oxygens (including phenoxy) is 2. The number of hydrogen-bond donors (Lipinski definition) is 1. The summed E-state index contributed by atoms with van der Waals surface area (Å²) in [6.45, 7) is -1.92. The molecule has 2 aromatic rings. The summed E-state index contributed by atoms with van der Waals surface area (Å²) in [6.07, 6.45) is 0. The molecule has 0 saturated carbocycles. The van der Waals surface area contributed by atoms with E-state index in [2.05, 4.69) is 19.4 Å². The number of benzene rings is 1. The van der Waals surface area contributed by atoms with E-state index in [-0.39, 0.29) is 15.6 Å². The van der Waals surface area contributed by atoms with E-state index < -0.39 is 45.4 Å². The number of urea groups is 1. The number of halogens is 2. The van der Waals surface area contributed by atoms with Gasteiger partial charge >= 0.3 is 18.6 Å². The van der Waals surface area contributed by atoms with E-state index in [0.29, 0.717) is 0 Å². The predicted molar refractivity (Wildman–Crippen MR) is 90.4 cm³/mol. The highest BCUT2D eigenvalue weighted by molar-refractivity contribution is 7.93. The summed E-state index contributed by atoms with van der Waals surface area (Å²) < 4.78 is 59.6. The minimum Gasteiger partial charge on any atom is -0.465 e. The summed E-state index contributed by atoms with van der Waals surface area (Å²) >= 11 is 0. The van der Waals surface area contributed by atoms with Gasteiger partial charge in [0.2, 0.25) is 5.88 Å². The van der Waals surface area contributed by atoms with Crippen molar-refractivity contribution in [1.82, 2.24) is 9.97 Å². The number of alkyl halides is 2. The highest BCUT2D eigenvalue weighted by atomic mass is 32.2. The highest BCUT2D eigenvalue weighted by Gasteiger charge is 2.35. The molecule has 0 unspecified atom stereocenters. The molecule has 2 amide bonds. The maximum Gasteiger partial charge on any atom is 0.388 e. The van der Waals surface area contributed by atoms with E-state index >= 15 is 0 Å². The monoisotopic (exact) mass is 416 g/mol. The average Bonchev–Trinajstić information content (AvgIpc) is 2.59. The Morgan fingerprint density at radius 2 is 1.86 bits per heavy atom. The molecule has 28 heavy (non-hydrogen) atoms. The van der Waals surface area contributed by atoms with Crippen LogP contribution in [0, 0.1) is 6.92 Å². The molecule has 0 fully saturated rings. The molecule has 0 aliphatic heterocycles. The minimum absolute atomic E-state index is 0.0170. The number of nitrogens with two attached hydrogens (primary N) is 1. The van der Waals surface area contributed by atoms with Crippen LogP contribution in [0.25, 0.3) is 0 Å². The predicted octanol–water partition coefficient (Wildman–Crippen LogP) is 1.45. The third-order valence-corrected chi connectivity index (χ3v) is 4.96. The lowest BCUT2D eigenvalue weighted by Crippen LogP contribution is -2.42. The van der Waals surface area contributed by atoms with Crippen LogP contribution in [0.2, 0.25) is 0 Å². The lowest BCUT2D eigenvalue weighted by Gasteiger charge is -2.20. The summed E-state index contributed by atoms with van der Waals surface area (Å²) in [5.74, 6) is -2.50. The molecule has 0 atom stereocenters. The Kier molecular flexibility index (Phi) is 6.08. The van der Waals surface area contributed by atoms with Gasteiger partial charge in [0.05, 0.1) is 12.7 Å². The lowest BCUT2D eigenvalue weighted by atomic mass is 10.2. The maximum absolute atomic E-state index is 13.0. The van der Waals surface area contributed by atoms with Gasteiger partial charge in [-0.1, -0.05) is 12.1 Å². The molecule has 0 saturated heterocycles. The van der Waals surface area contributed by atoms with Crippen LogP contribution in [0.1, 0.15) is 16.1 Å². The van der Waals surface area contributed by atoms with E-state index in [4.69, 9.17) is 5.73 Å².